The van der Waals surface area contributed by atoms with Gasteiger partial charge in [0.2, 0.25) is 0 Å². The van der Waals surface area contributed by atoms with Crippen molar-refractivity contribution in [2.45, 2.75) is 51.6 Å². The SMILES string of the molecule is CN=C(NCC1CCN(Cc2csc(C)n2)CC1)N1CCC(N2CCCC2)C1. The molecule has 3 aliphatic rings. The number of aliphatic imine (C=N–C) groups is 1. The topological polar surface area (TPSA) is 47.0 Å². The molecule has 1 atom stereocenters. The van der Waals surface area contributed by atoms with Crippen molar-refractivity contribution in [3.8, 4) is 0 Å². The van der Waals surface area contributed by atoms with Crippen molar-refractivity contribution in [3.05, 3.63) is 16.1 Å². The van der Waals surface area contributed by atoms with Gasteiger partial charge in [0.15, 0.2) is 5.96 Å². The quantitative estimate of drug-likeness (QED) is 0.603. The van der Waals surface area contributed by atoms with Crippen LogP contribution in [0.2, 0.25) is 0 Å². The van der Waals surface area contributed by atoms with Gasteiger partial charge < -0.3 is 10.2 Å². The maximum atomic E-state index is 4.61. The lowest BCUT2D eigenvalue weighted by Crippen LogP contribution is -2.45. The molecule has 0 radical (unpaired) electrons. The van der Waals surface area contributed by atoms with E-state index in [2.05, 4.69) is 42.3 Å². The molecule has 3 aliphatic heterocycles. The molecule has 0 bridgehead atoms. The van der Waals surface area contributed by atoms with Crippen LogP contribution < -0.4 is 5.32 Å². The van der Waals surface area contributed by atoms with Gasteiger partial charge in [-0.3, -0.25) is 14.8 Å². The standard InChI is InChI=1S/C21H36N6S/c1-17-24-19(16-28-17)14-25-10-5-18(6-11-25)13-23-21(22-2)27-12-7-20(15-27)26-8-3-4-9-26/h16,18,20H,3-15H2,1-2H3,(H,22,23). The minimum absolute atomic E-state index is 0.735. The van der Waals surface area contributed by atoms with Crippen molar-refractivity contribution in [2.75, 3.05) is 52.9 Å². The van der Waals surface area contributed by atoms with Gasteiger partial charge in [-0.1, -0.05) is 0 Å². The van der Waals surface area contributed by atoms with Crippen LogP contribution in [-0.4, -0.2) is 84.5 Å². The molecule has 3 saturated heterocycles. The number of rotatable bonds is 5. The van der Waals surface area contributed by atoms with E-state index in [-0.39, 0.29) is 0 Å². The summed E-state index contributed by atoms with van der Waals surface area (Å²) >= 11 is 1.76. The number of guanidine groups is 1. The average molecular weight is 405 g/mol. The lowest BCUT2D eigenvalue weighted by molar-refractivity contribution is 0.176. The summed E-state index contributed by atoms with van der Waals surface area (Å²) in [5.74, 6) is 1.87. The Morgan fingerprint density at radius 3 is 2.64 bits per heavy atom. The number of hydrogen-bond acceptors (Lipinski definition) is 5. The zero-order valence-corrected chi connectivity index (χ0v) is 18.4. The number of nitrogens with one attached hydrogen (secondary N) is 1. The first kappa shape index (κ1) is 20.1. The fourth-order valence-electron chi connectivity index (χ4n) is 4.97. The fourth-order valence-corrected chi connectivity index (χ4v) is 5.57. The fraction of sp³-hybridized carbons (Fsp3) is 0.810. The second-order valence-electron chi connectivity index (χ2n) is 8.64. The van der Waals surface area contributed by atoms with Crippen LogP contribution in [0.5, 0.6) is 0 Å². The van der Waals surface area contributed by atoms with Gasteiger partial charge in [0.05, 0.1) is 10.7 Å². The zero-order valence-electron chi connectivity index (χ0n) is 17.6. The molecule has 28 heavy (non-hydrogen) atoms. The van der Waals surface area contributed by atoms with Crippen LogP contribution in [0.15, 0.2) is 10.4 Å². The number of thiazole rings is 1. The summed E-state index contributed by atoms with van der Waals surface area (Å²) in [5.41, 5.74) is 1.24. The molecule has 0 spiro atoms. The molecule has 156 valence electrons. The number of aryl methyl sites for hydroxylation is 1. The van der Waals surface area contributed by atoms with E-state index >= 15 is 0 Å². The van der Waals surface area contributed by atoms with Crippen LogP contribution in [0.1, 0.15) is 42.8 Å². The van der Waals surface area contributed by atoms with Gasteiger partial charge in [-0.15, -0.1) is 11.3 Å². The van der Waals surface area contributed by atoms with E-state index in [0.29, 0.717) is 0 Å². The molecular formula is C21H36N6S. The molecule has 0 aliphatic carbocycles. The maximum absolute atomic E-state index is 4.61. The Balaban J connectivity index is 1.18. The normalized spacial score (nSPS) is 25.7. The molecule has 0 aromatic carbocycles. The lowest BCUT2D eigenvalue weighted by Gasteiger charge is -2.32. The molecule has 3 fully saturated rings. The Bertz CT molecular complexity index is 645. The zero-order chi connectivity index (χ0) is 19.3. The van der Waals surface area contributed by atoms with Gasteiger partial charge >= 0.3 is 0 Å². The largest absolute Gasteiger partial charge is 0.356 e. The van der Waals surface area contributed by atoms with Crippen molar-refractivity contribution < 1.29 is 0 Å². The van der Waals surface area contributed by atoms with E-state index in [0.717, 1.165) is 44.1 Å². The van der Waals surface area contributed by atoms with Gasteiger partial charge in [-0.25, -0.2) is 4.98 Å². The summed E-state index contributed by atoms with van der Waals surface area (Å²) in [6, 6.07) is 0.735. The van der Waals surface area contributed by atoms with Crippen molar-refractivity contribution in [1.82, 2.24) is 25.0 Å². The number of nitrogens with zero attached hydrogens (tertiary/aromatic N) is 5. The van der Waals surface area contributed by atoms with E-state index < -0.39 is 0 Å². The monoisotopic (exact) mass is 404 g/mol. The summed E-state index contributed by atoms with van der Waals surface area (Å²) in [4.78, 5) is 16.9. The molecular weight excluding hydrogens is 368 g/mol. The molecule has 1 unspecified atom stereocenters. The first-order chi connectivity index (χ1) is 13.7. The molecule has 0 saturated carbocycles. The molecule has 4 rings (SSSR count). The summed E-state index contributed by atoms with van der Waals surface area (Å²) < 4.78 is 0. The van der Waals surface area contributed by atoms with Crippen molar-refractivity contribution in [3.63, 3.8) is 0 Å². The Morgan fingerprint density at radius 1 is 1.18 bits per heavy atom. The van der Waals surface area contributed by atoms with E-state index in [1.807, 2.05) is 7.05 Å². The van der Waals surface area contributed by atoms with Gasteiger partial charge in [-0.05, 0) is 71.1 Å². The second kappa shape index (κ2) is 9.55. The predicted molar refractivity (Wildman–Crippen MR) is 117 cm³/mol. The molecule has 4 heterocycles. The molecule has 6 nitrogen and oxygen atoms in total. The maximum Gasteiger partial charge on any atom is 0.193 e. The third-order valence-corrected chi connectivity index (χ3v) is 7.46. The Labute approximate surface area is 174 Å². The number of likely N-dealkylation sites (tertiary alicyclic amines) is 3. The number of piperidine rings is 1. The molecule has 1 aromatic heterocycles. The number of aromatic nitrogens is 1. The Kier molecular flexibility index (Phi) is 6.86. The van der Waals surface area contributed by atoms with Crippen LogP contribution in [0, 0.1) is 12.8 Å². The molecule has 1 aromatic rings. The van der Waals surface area contributed by atoms with Crippen LogP contribution in [0.25, 0.3) is 0 Å². The molecule has 0 amide bonds. The highest BCUT2D eigenvalue weighted by molar-refractivity contribution is 7.09. The van der Waals surface area contributed by atoms with Gasteiger partial charge in [-0.2, -0.15) is 0 Å². The van der Waals surface area contributed by atoms with Crippen LogP contribution >= 0.6 is 11.3 Å². The van der Waals surface area contributed by atoms with Crippen molar-refractivity contribution in [2.24, 2.45) is 10.9 Å². The molecule has 1 N–H and O–H groups in total. The van der Waals surface area contributed by atoms with E-state index in [4.69, 9.17) is 0 Å². The first-order valence-corrected chi connectivity index (χ1v) is 11.9. The lowest BCUT2D eigenvalue weighted by atomic mass is 9.97. The Hall–Kier alpha value is -1.18. The van der Waals surface area contributed by atoms with Gasteiger partial charge in [0.25, 0.3) is 0 Å². The van der Waals surface area contributed by atoms with Gasteiger partial charge in [0.1, 0.15) is 0 Å². The summed E-state index contributed by atoms with van der Waals surface area (Å²) in [5, 5.41) is 7.07. The van der Waals surface area contributed by atoms with Crippen LogP contribution in [-0.2, 0) is 6.54 Å². The third-order valence-electron chi connectivity index (χ3n) is 6.64. The highest BCUT2D eigenvalue weighted by Gasteiger charge is 2.31. The average Bonchev–Trinajstić information content (AvgIpc) is 3.45. The summed E-state index contributed by atoms with van der Waals surface area (Å²) in [7, 11) is 1.93. The van der Waals surface area contributed by atoms with Crippen LogP contribution in [0.3, 0.4) is 0 Å². The van der Waals surface area contributed by atoms with Crippen molar-refractivity contribution >= 4 is 17.3 Å². The predicted octanol–water partition coefficient (Wildman–Crippen LogP) is 2.41. The summed E-state index contributed by atoms with van der Waals surface area (Å²) in [6.07, 6.45) is 6.58. The van der Waals surface area contributed by atoms with E-state index in [1.165, 1.54) is 69.0 Å². The second-order valence-corrected chi connectivity index (χ2v) is 9.70. The van der Waals surface area contributed by atoms with E-state index in [9.17, 15) is 0 Å². The Morgan fingerprint density at radius 2 is 1.96 bits per heavy atom. The smallest absolute Gasteiger partial charge is 0.193 e. The molecule has 7 heteroatoms. The minimum Gasteiger partial charge on any atom is -0.356 e. The third kappa shape index (κ3) is 5.05. The summed E-state index contributed by atoms with van der Waals surface area (Å²) in [6.45, 7) is 11.4. The first-order valence-electron chi connectivity index (χ1n) is 11.0. The minimum atomic E-state index is 0.735. The number of hydrogen-bond donors (Lipinski definition) is 1. The van der Waals surface area contributed by atoms with Crippen molar-refractivity contribution in [1.29, 1.82) is 0 Å². The van der Waals surface area contributed by atoms with Gasteiger partial charge in [0, 0.05) is 44.6 Å². The highest BCUT2D eigenvalue weighted by atomic mass is 32.1. The van der Waals surface area contributed by atoms with E-state index in [1.54, 1.807) is 11.3 Å². The highest BCUT2D eigenvalue weighted by Crippen LogP contribution is 2.22. The van der Waals surface area contributed by atoms with Crippen LogP contribution in [0.4, 0.5) is 0 Å².